The van der Waals surface area contributed by atoms with Gasteiger partial charge in [-0.3, -0.25) is 5.32 Å². The molecule has 7 heteroatoms. The summed E-state index contributed by atoms with van der Waals surface area (Å²) in [6.45, 7) is 8.50. The summed E-state index contributed by atoms with van der Waals surface area (Å²) in [5, 5.41) is 21.3. The van der Waals surface area contributed by atoms with Gasteiger partial charge in [0.2, 0.25) is 0 Å². The summed E-state index contributed by atoms with van der Waals surface area (Å²) in [5.74, 6) is -1.56. The van der Waals surface area contributed by atoms with Crippen molar-refractivity contribution >= 4 is 23.3 Å². The average Bonchev–Trinajstić information content (AvgIpc) is 2.37. The van der Waals surface area contributed by atoms with Crippen molar-refractivity contribution in [2.75, 3.05) is 12.4 Å². The summed E-state index contributed by atoms with van der Waals surface area (Å²) < 4.78 is 10.0. The smallest absolute Gasteiger partial charge is 0.412 e. The van der Waals surface area contributed by atoms with Crippen LogP contribution in [0.3, 0.4) is 0 Å². The van der Waals surface area contributed by atoms with Gasteiger partial charge in [0.25, 0.3) is 0 Å². The quantitative estimate of drug-likeness (QED) is 0.583. The molecular formula is C15H19NO6. The number of carbonyl (C=O) groups is 2. The van der Waals surface area contributed by atoms with Gasteiger partial charge in [0.1, 0.15) is 5.60 Å². The standard InChI is InChI=1S/C15H19NO6/c1-8(13(18)19)9-6-10(12(17)11(7-9)21-5)16-14(20)22-15(2,3)4/h6-7,17H,1H2,2-5H3,(H,16,20)(H,18,19). The molecule has 120 valence electrons. The first-order chi connectivity index (χ1) is 10.0. The predicted molar refractivity (Wildman–Crippen MR) is 81.2 cm³/mol. The minimum atomic E-state index is -1.23. The third kappa shape index (κ3) is 4.41. The van der Waals surface area contributed by atoms with Crippen LogP contribution in [0.2, 0.25) is 0 Å². The van der Waals surface area contributed by atoms with Crippen LogP contribution in [0.25, 0.3) is 5.57 Å². The van der Waals surface area contributed by atoms with E-state index >= 15 is 0 Å². The van der Waals surface area contributed by atoms with Gasteiger partial charge in [0.15, 0.2) is 11.5 Å². The highest BCUT2D eigenvalue weighted by atomic mass is 16.6. The number of anilines is 1. The summed E-state index contributed by atoms with van der Waals surface area (Å²) >= 11 is 0. The molecule has 0 saturated carbocycles. The van der Waals surface area contributed by atoms with E-state index < -0.39 is 17.7 Å². The minimum absolute atomic E-state index is 0.00552. The highest BCUT2D eigenvalue weighted by molar-refractivity contribution is 6.15. The predicted octanol–water partition coefficient (Wildman–Crippen LogP) is 2.85. The molecule has 7 nitrogen and oxygen atoms in total. The molecule has 1 aromatic rings. The summed E-state index contributed by atoms with van der Waals surface area (Å²) in [6.07, 6.45) is -0.789. The van der Waals surface area contributed by atoms with Crippen LogP contribution in [0.15, 0.2) is 18.7 Å². The molecule has 1 amide bonds. The van der Waals surface area contributed by atoms with Gasteiger partial charge in [-0.25, -0.2) is 9.59 Å². The van der Waals surface area contributed by atoms with E-state index in [-0.39, 0.29) is 28.3 Å². The molecule has 0 fully saturated rings. The Labute approximate surface area is 128 Å². The second-order valence-corrected chi connectivity index (χ2v) is 5.49. The number of phenolic OH excluding ortho intramolecular Hbond substituents is 1. The number of hydrogen-bond acceptors (Lipinski definition) is 5. The summed E-state index contributed by atoms with van der Waals surface area (Å²) in [5.41, 5.74) is -0.767. The van der Waals surface area contributed by atoms with Crippen LogP contribution in [-0.2, 0) is 9.53 Å². The van der Waals surface area contributed by atoms with E-state index in [1.54, 1.807) is 20.8 Å². The first kappa shape index (κ1) is 17.4. The zero-order chi connectivity index (χ0) is 17.1. The van der Waals surface area contributed by atoms with Gasteiger partial charge in [-0.1, -0.05) is 6.58 Å². The molecule has 0 aliphatic heterocycles. The number of benzene rings is 1. The lowest BCUT2D eigenvalue weighted by molar-refractivity contribution is -0.130. The molecule has 0 heterocycles. The van der Waals surface area contributed by atoms with Gasteiger partial charge >= 0.3 is 12.1 Å². The Morgan fingerprint density at radius 2 is 1.86 bits per heavy atom. The Balaban J connectivity index is 3.18. The third-order valence-electron chi connectivity index (χ3n) is 2.54. The third-order valence-corrected chi connectivity index (χ3v) is 2.54. The van der Waals surface area contributed by atoms with E-state index in [1.165, 1.54) is 19.2 Å². The first-order valence-electron chi connectivity index (χ1n) is 6.38. The van der Waals surface area contributed by atoms with E-state index in [1.807, 2.05) is 0 Å². The van der Waals surface area contributed by atoms with Gasteiger partial charge in [-0.2, -0.15) is 0 Å². The van der Waals surface area contributed by atoms with Crippen molar-refractivity contribution in [2.45, 2.75) is 26.4 Å². The Bertz CT molecular complexity index is 615. The summed E-state index contributed by atoms with van der Waals surface area (Å²) in [4.78, 5) is 22.8. The molecule has 0 aromatic heterocycles. The van der Waals surface area contributed by atoms with Crippen molar-refractivity contribution in [1.82, 2.24) is 0 Å². The van der Waals surface area contributed by atoms with E-state index in [4.69, 9.17) is 14.6 Å². The molecule has 0 radical (unpaired) electrons. The average molecular weight is 309 g/mol. The minimum Gasteiger partial charge on any atom is -0.503 e. The maximum Gasteiger partial charge on any atom is 0.412 e. The van der Waals surface area contributed by atoms with Crippen molar-refractivity contribution < 1.29 is 29.3 Å². The van der Waals surface area contributed by atoms with Gasteiger partial charge in [0.05, 0.1) is 18.4 Å². The maximum absolute atomic E-state index is 11.8. The van der Waals surface area contributed by atoms with Crippen LogP contribution in [0, 0.1) is 0 Å². The number of amides is 1. The number of carboxylic acids is 1. The number of methoxy groups -OCH3 is 1. The largest absolute Gasteiger partial charge is 0.503 e. The monoisotopic (exact) mass is 309 g/mol. The molecule has 0 atom stereocenters. The number of aliphatic carboxylic acids is 1. The van der Waals surface area contributed by atoms with Crippen molar-refractivity contribution in [3.63, 3.8) is 0 Å². The number of aromatic hydroxyl groups is 1. The molecular weight excluding hydrogens is 290 g/mol. The molecule has 0 saturated heterocycles. The number of carboxylic acid groups (broad SMARTS) is 1. The molecule has 22 heavy (non-hydrogen) atoms. The number of carbonyl (C=O) groups excluding carboxylic acids is 1. The fourth-order valence-corrected chi connectivity index (χ4v) is 1.57. The lowest BCUT2D eigenvalue weighted by atomic mass is 10.1. The van der Waals surface area contributed by atoms with Crippen LogP contribution >= 0.6 is 0 Å². The highest BCUT2D eigenvalue weighted by Gasteiger charge is 2.20. The van der Waals surface area contributed by atoms with Gasteiger partial charge in [-0.05, 0) is 38.5 Å². The van der Waals surface area contributed by atoms with Crippen LogP contribution in [0.4, 0.5) is 10.5 Å². The number of nitrogens with one attached hydrogen (secondary N) is 1. The van der Waals surface area contributed by atoms with Crippen LogP contribution in [0.5, 0.6) is 11.5 Å². The zero-order valence-corrected chi connectivity index (χ0v) is 12.9. The van der Waals surface area contributed by atoms with Crippen LogP contribution in [-0.4, -0.2) is 35.0 Å². The lowest BCUT2D eigenvalue weighted by Gasteiger charge is -2.20. The number of rotatable bonds is 4. The first-order valence-corrected chi connectivity index (χ1v) is 6.38. The molecule has 1 rings (SSSR count). The van der Waals surface area contributed by atoms with Gasteiger partial charge < -0.3 is 19.7 Å². The maximum atomic E-state index is 11.8. The number of hydrogen-bond donors (Lipinski definition) is 3. The Hall–Kier alpha value is -2.70. The normalized spacial score (nSPS) is 10.7. The topological polar surface area (TPSA) is 105 Å². The molecule has 1 aromatic carbocycles. The van der Waals surface area contributed by atoms with Crippen molar-refractivity contribution in [2.24, 2.45) is 0 Å². The van der Waals surface area contributed by atoms with Crippen molar-refractivity contribution in [1.29, 1.82) is 0 Å². The molecule has 0 spiro atoms. The molecule has 0 unspecified atom stereocenters. The number of ether oxygens (including phenoxy) is 2. The fraction of sp³-hybridized carbons (Fsp3) is 0.333. The Kier molecular flexibility index (Phi) is 5.03. The Morgan fingerprint density at radius 3 is 2.32 bits per heavy atom. The van der Waals surface area contributed by atoms with E-state index in [0.717, 1.165) is 0 Å². The zero-order valence-electron chi connectivity index (χ0n) is 12.9. The van der Waals surface area contributed by atoms with Crippen LogP contribution < -0.4 is 10.1 Å². The second-order valence-electron chi connectivity index (χ2n) is 5.49. The molecule has 0 bridgehead atoms. The molecule has 3 N–H and O–H groups in total. The van der Waals surface area contributed by atoms with Gasteiger partial charge in [-0.15, -0.1) is 0 Å². The number of phenols is 1. The molecule has 0 aliphatic carbocycles. The summed E-state index contributed by atoms with van der Waals surface area (Å²) in [7, 11) is 1.31. The lowest BCUT2D eigenvalue weighted by Crippen LogP contribution is -2.27. The Morgan fingerprint density at radius 1 is 1.27 bits per heavy atom. The van der Waals surface area contributed by atoms with E-state index in [9.17, 15) is 14.7 Å². The molecule has 0 aliphatic rings. The highest BCUT2D eigenvalue weighted by Crippen LogP contribution is 2.37. The van der Waals surface area contributed by atoms with Crippen LogP contribution in [0.1, 0.15) is 26.3 Å². The second kappa shape index (κ2) is 6.38. The SMILES string of the molecule is C=C(C(=O)O)c1cc(NC(=O)OC(C)(C)C)c(O)c(OC)c1. The van der Waals surface area contributed by atoms with E-state index in [0.29, 0.717) is 0 Å². The van der Waals surface area contributed by atoms with Crippen molar-refractivity contribution in [3.05, 3.63) is 24.3 Å². The van der Waals surface area contributed by atoms with E-state index in [2.05, 4.69) is 11.9 Å². The van der Waals surface area contributed by atoms with Gasteiger partial charge in [0, 0.05) is 0 Å². The fourth-order valence-electron chi connectivity index (χ4n) is 1.57. The van der Waals surface area contributed by atoms with Crippen molar-refractivity contribution in [3.8, 4) is 11.5 Å². The summed E-state index contributed by atoms with van der Waals surface area (Å²) in [6, 6.07) is 2.59.